The fraction of sp³-hybridized carbons (Fsp3) is 0.333. The largest absolute Gasteiger partial charge is 0.821 e. The molecule has 0 aromatic heterocycles. The maximum Gasteiger partial charge on any atom is 0.821 e. The van der Waals surface area contributed by atoms with Crippen molar-refractivity contribution in [1.82, 2.24) is 0 Å². The predicted molar refractivity (Wildman–Crippen MR) is 149 cm³/mol. The van der Waals surface area contributed by atoms with Crippen molar-refractivity contribution >= 4 is 128 Å². The molecule has 0 aliphatic carbocycles. The molecule has 2 atom stereocenters. The molecule has 2 rings (SSSR count). The van der Waals surface area contributed by atoms with Gasteiger partial charge in [0, 0.05) is 29.7 Å². The van der Waals surface area contributed by atoms with Crippen molar-refractivity contribution in [2.24, 2.45) is 0 Å². The molecule has 4 nitrogen and oxygen atoms in total. The Labute approximate surface area is 243 Å². The van der Waals surface area contributed by atoms with Gasteiger partial charge in [-0.25, -0.2) is 0 Å². The summed E-state index contributed by atoms with van der Waals surface area (Å²) in [5.74, 6) is 1.38. The van der Waals surface area contributed by atoms with Gasteiger partial charge < -0.3 is 17.7 Å². The SMILES string of the molecule is CC(CCl)O[Si](Oc1ccc(Br)c(Br)c1Br)(Oc1ccc(Br)c(Br)c1Br)OC(C)CCl. The van der Waals surface area contributed by atoms with E-state index < -0.39 is 21.3 Å². The van der Waals surface area contributed by atoms with Gasteiger partial charge >= 0.3 is 9.05 Å². The molecular weight excluding hydrogens is 859 g/mol. The third-order valence-electron chi connectivity index (χ3n) is 3.60. The first kappa shape index (κ1) is 28.9. The van der Waals surface area contributed by atoms with Crippen LogP contribution in [0.15, 0.2) is 51.1 Å². The monoisotopic (exact) mass is 868 g/mol. The molecule has 172 valence electrons. The van der Waals surface area contributed by atoms with Crippen molar-refractivity contribution < 1.29 is 17.7 Å². The third-order valence-corrected chi connectivity index (χ3v) is 13.5. The second-order valence-electron chi connectivity index (χ2n) is 6.22. The van der Waals surface area contributed by atoms with Crippen LogP contribution in [0.1, 0.15) is 13.8 Å². The molecule has 2 unspecified atom stereocenters. The topological polar surface area (TPSA) is 36.9 Å². The lowest BCUT2D eigenvalue weighted by atomic mass is 10.3. The number of hydrogen-bond acceptors (Lipinski definition) is 4. The number of alkyl halides is 2. The van der Waals surface area contributed by atoms with Crippen molar-refractivity contribution in [1.29, 1.82) is 0 Å². The van der Waals surface area contributed by atoms with Crippen molar-refractivity contribution in [3.05, 3.63) is 51.1 Å². The van der Waals surface area contributed by atoms with Crippen LogP contribution in [0, 0.1) is 0 Å². The lowest BCUT2D eigenvalue weighted by Gasteiger charge is -2.32. The number of rotatable bonds is 10. The van der Waals surface area contributed by atoms with Crippen molar-refractivity contribution in [2.45, 2.75) is 26.1 Å². The van der Waals surface area contributed by atoms with E-state index in [1.54, 1.807) is 12.1 Å². The summed E-state index contributed by atoms with van der Waals surface area (Å²) in [4.78, 5) is 0. The zero-order chi connectivity index (χ0) is 23.3. The second-order valence-corrected chi connectivity index (χ2v) is 13.6. The van der Waals surface area contributed by atoms with Crippen molar-refractivity contribution in [2.75, 3.05) is 11.8 Å². The molecule has 0 saturated heterocycles. The van der Waals surface area contributed by atoms with Crippen molar-refractivity contribution in [3.8, 4) is 11.5 Å². The first-order valence-corrected chi connectivity index (χ1v) is 16.1. The van der Waals surface area contributed by atoms with Gasteiger partial charge in [0.2, 0.25) is 0 Å². The number of benzene rings is 2. The first-order valence-electron chi connectivity index (χ1n) is 8.66. The standard InChI is InChI=1S/C18H16Br6Cl2O4Si/c1-9(7-25)27-31(28-10(2)8-26,29-13-5-3-11(19)15(21)17(13)23)30-14-6-4-12(20)16(22)18(14)24/h3-6,9-10H,7-8H2,1-2H3. The zero-order valence-corrected chi connectivity index (χ0v) is 28.1. The van der Waals surface area contributed by atoms with Crippen LogP contribution in [0.25, 0.3) is 0 Å². The molecule has 0 aliphatic rings. The summed E-state index contributed by atoms with van der Waals surface area (Å²) < 4.78 is 29.7. The van der Waals surface area contributed by atoms with Gasteiger partial charge in [0.15, 0.2) is 0 Å². The summed E-state index contributed by atoms with van der Waals surface area (Å²) in [7, 11) is -3.89. The highest BCUT2D eigenvalue weighted by Gasteiger charge is 2.55. The summed E-state index contributed by atoms with van der Waals surface area (Å²) in [6.45, 7) is 3.63. The van der Waals surface area contributed by atoms with Gasteiger partial charge in [0.05, 0.1) is 21.2 Å². The van der Waals surface area contributed by atoms with E-state index in [1.807, 2.05) is 26.0 Å². The minimum atomic E-state index is -3.89. The van der Waals surface area contributed by atoms with E-state index in [4.69, 9.17) is 40.9 Å². The second kappa shape index (κ2) is 13.1. The molecule has 0 heterocycles. The lowest BCUT2D eigenvalue weighted by Crippen LogP contribution is -2.58. The molecule has 0 saturated carbocycles. The van der Waals surface area contributed by atoms with Crippen LogP contribution in [-0.2, 0) is 8.85 Å². The maximum atomic E-state index is 6.35. The summed E-state index contributed by atoms with van der Waals surface area (Å²) >= 11 is 33.2. The molecule has 0 amide bonds. The Hall–Kier alpha value is 1.64. The number of halogens is 8. The van der Waals surface area contributed by atoms with Crippen LogP contribution >= 0.6 is 119 Å². The Morgan fingerprint density at radius 1 is 0.677 bits per heavy atom. The van der Waals surface area contributed by atoms with Gasteiger partial charge in [-0.05, 0) is 134 Å². The fourth-order valence-electron chi connectivity index (χ4n) is 2.14. The Morgan fingerprint density at radius 2 is 1.03 bits per heavy atom. The molecule has 0 radical (unpaired) electrons. The molecule has 31 heavy (non-hydrogen) atoms. The average molecular weight is 875 g/mol. The molecule has 2 aromatic carbocycles. The average Bonchev–Trinajstić information content (AvgIpc) is 2.74. The minimum absolute atomic E-state index is 0.219. The Kier molecular flexibility index (Phi) is 12.2. The smallest absolute Gasteiger partial charge is 0.470 e. The Balaban J connectivity index is 2.59. The van der Waals surface area contributed by atoms with Crippen LogP contribution < -0.4 is 8.85 Å². The van der Waals surface area contributed by atoms with Crippen LogP contribution in [0.5, 0.6) is 11.5 Å². The van der Waals surface area contributed by atoms with Crippen molar-refractivity contribution in [3.63, 3.8) is 0 Å². The van der Waals surface area contributed by atoms with Gasteiger partial charge in [-0.3, -0.25) is 0 Å². The van der Waals surface area contributed by atoms with E-state index in [1.165, 1.54) is 0 Å². The molecule has 0 bridgehead atoms. The van der Waals surface area contributed by atoms with Crippen LogP contribution in [-0.4, -0.2) is 33.0 Å². The van der Waals surface area contributed by atoms with Crippen LogP contribution in [0.4, 0.5) is 0 Å². The van der Waals surface area contributed by atoms with E-state index in [0.29, 0.717) is 20.4 Å². The maximum absolute atomic E-state index is 6.35. The van der Waals surface area contributed by atoms with Gasteiger partial charge in [-0.15, -0.1) is 23.2 Å². The van der Waals surface area contributed by atoms with E-state index >= 15 is 0 Å². The normalized spacial score (nSPS) is 13.7. The van der Waals surface area contributed by atoms with E-state index in [-0.39, 0.29) is 11.8 Å². The van der Waals surface area contributed by atoms with E-state index in [9.17, 15) is 0 Å². The molecule has 0 spiro atoms. The molecule has 0 aliphatic heterocycles. The summed E-state index contributed by atoms with van der Waals surface area (Å²) in [6.07, 6.45) is -0.822. The highest BCUT2D eigenvalue weighted by Crippen LogP contribution is 2.42. The molecule has 0 fully saturated rings. The fourth-order valence-corrected chi connectivity index (χ4v) is 7.80. The molecule has 13 heteroatoms. The van der Waals surface area contributed by atoms with Crippen LogP contribution in [0.2, 0.25) is 0 Å². The quantitative estimate of drug-likeness (QED) is 0.136. The minimum Gasteiger partial charge on any atom is -0.470 e. The van der Waals surface area contributed by atoms with Gasteiger partial charge in [-0.1, -0.05) is 0 Å². The van der Waals surface area contributed by atoms with E-state index in [2.05, 4.69) is 95.6 Å². The lowest BCUT2D eigenvalue weighted by molar-refractivity contribution is 0.00184. The summed E-state index contributed by atoms with van der Waals surface area (Å²) in [5.41, 5.74) is 0. The van der Waals surface area contributed by atoms with Gasteiger partial charge in [0.1, 0.15) is 11.5 Å². The van der Waals surface area contributed by atoms with Gasteiger partial charge in [-0.2, -0.15) is 0 Å². The molecule has 2 aromatic rings. The Bertz CT molecular complexity index is 850. The summed E-state index contributed by atoms with van der Waals surface area (Å²) in [6, 6.07) is 7.23. The van der Waals surface area contributed by atoms with Gasteiger partial charge in [0.25, 0.3) is 0 Å². The third kappa shape index (κ3) is 7.81. The van der Waals surface area contributed by atoms with Crippen LogP contribution in [0.3, 0.4) is 0 Å². The molecule has 0 N–H and O–H groups in total. The molecular formula is C18H16Br6Cl2O4Si. The highest BCUT2D eigenvalue weighted by molar-refractivity contribution is 9.15. The highest BCUT2D eigenvalue weighted by atomic mass is 79.9. The number of hydrogen-bond donors (Lipinski definition) is 0. The zero-order valence-electron chi connectivity index (χ0n) is 16.0. The summed E-state index contributed by atoms with van der Waals surface area (Å²) in [5, 5.41) is 0. The Morgan fingerprint density at radius 3 is 1.35 bits per heavy atom. The first-order chi connectivity index (χ1) is 14.5. The van der Waals surface area contributed by atoms with E-state index in [0.717, 1.165) is 17.9 Å². The predicted octanol–water partition coefficient (Wildman–Crippen LogP) is 9.44.